The highest BCUT2D eigenvalue weighted by Gasteiger charge is 2.52. The van der Waals surface area contributed by atoms with Gasteiger partial charge in [0.2, 0.25) is 0 Å². The summed E-state index contributed by atoms with van der Waals surface area (Å²) in [5, 5.41) is 4.93. The van der Waals surface area contributed by atoms with Gasteiger partial charge < -0.3 is 14.2 Å². The van der Waals surface area contributed by atoms with Gasteiger partial charge in [-0.3, -0.25) is 0 Å². The van der Waals surface area contributed by atoms with Crippen molar-refractivity contribution in [1.82, 2.24) is 0 Å². The molecular weight excluding hydrogens is 544 g/mol. The zero-order valence-electron chi connectivity index (χ0n) is 24.8. The third-order valence-corrected chi connectivity index (χ3v) is 10.2. The van der Waals surface area contributed by atoms with Gasteiger partial charge in [-0.15, -0.1) is 0 Å². The average molecular weight is 579 g/mol. The number of hydrogen-bond acceptors (Lipinski definition) is 5. The van der Waals surface area contributed by atoms with E-state index < -0.39 is 5.41 Å². The Hall–Kier alpha value is -4.48. The Morgan fingerprint density at radius 3 is 1.75 bits per heavy atom. The minimum atomic E-state index is -0.626. The molecule has 0 saturated carbocycles. The molecule has 0 saturated heterocycles. The van der Waals surface area contributed by atoms with E-state index in [1.54, 1.807) is 0 Å². The fourth-order valence-corrected chi connectivity index (χ4v) is 7.76. The maximum absolute atomic E-state index is 6.70. The van der Waals surface area contributed by atoms with Gasteiger partial charge in [-0.1, -0.05) is 97.1 Å². The average Bonchev–Trinajstić information content (AvgIpc) is 3.82. The first-order valence-electron chi connectivity index (χ1n) is 15.8. The zero-order valence-corrected chi connectivity index (χ0v) is 24.8. The van der Waals surface area contributed by atoms with Crippen molar-refractivity contribution in [1.29, 1.82) is 0 Å². The van der Waals surface area contributed by atoms with Gasteiger partial charge in [0.15, 0.2) is 11.8 Å². The maximum Gasteiger partial charge on any atom is 0.200 e. The summed E-state index contributed by atoms with van der Waals surface area (Å²) in [6, 6.07) is 36.6. The smallest absolute Gasteiger partial charge is 0.200 e. The topological polar surface area (TPSA) is 52.4 Å². The minimum Gasteiger partial charge on any atom is -0.474 e. The quantitative estimate of drug-likeness (QED) is 0.145. The number of rotatable bonds is 7. The largest absolute Gasteiger partial charge is 0.474 e. The molecule has 5 aromatic rings. The second-order valence-corrected chi connectivity index (χ2v) is 12.8. The molecule has 0 radical (unpaired) electrons. The van der Waals surface area contributed by atoms with Gasteiger partial charge in [0.05, 0.1) is 6.61 Å². The van der Waals surface area contributed by atoms with E-state index in [2.05, 4.69) is 110 Å². The van der Waals surface area contributed by atoms with Crippen LogP contribution >= 0.6 is 0 Å². The molecule has 0 fully saturated rings. The molecule has 2 heterocycles. The number of nitrogens with zero attached hydrogens (tertiary/aromatic N) is 2. The monoisotopic (exact) mass is 578 g/mol. The Morgan fingerprint density at radius 1 is 0.682 bits per heavy atom. The van der Waals surface area contributed by atoms with E-state index in [1.807, 2.05) is 0 Å². The van der Waals surface area contributed by atoms with Gasteiger partial charge in [0.1, 0.15) is 29.7 Å². The standard InChI is InChI=1S/C39H34N2O3/c1-39(37-40-35-30-16-8-4-12-26(30)21-33(35)43-37,38-41-36-31-17-9-5-13-27(31)22-34(36)44-38)18-19-42-23-32-28-14-6-2-10-24(28)20-25-11-3-7-15-29(25)32/h2-17,20,33-36H,18-19,21-23H2,1H3/t33-,34-,35+,36+/m0/s1. The molecule has 2 aliphatic carbocycles. The summed E-state index contributed by atoms with van der Waals surface area (Å²) in [6.07, 6.45) is 2.45. The highest BCUT2D eigenvalue weighted by molar-refractivity contribution is 6.06. The van der Waals surface area contributed by atoms with Crippen molar-refractivity contribution < 1.29 is 14.2 Å². The zero-order chi connectivity index (χ0) is 29.3. The van der Waals surface area contributed by atoms with Gasteiger partial charge in [-0.25, -0.2) is 9.98 Å². The molecule has 0 aromatic heterocycles. The van der Waals surface area contributed by atoms with Crippen LogP contribution < -0.4 is 0 Å². The fraction of sp³-hybridized carbons (Fsp3) is 0.282. The lowest BCUT2D eigenvalue weighted by Crippen LogP contribution is -2.40. The summed E-state index contributed by atoms with van der Waals surface area (Å²) in [4.78, 5) is 10.5. The summed E-state index contributed by atoms with van der Waals surface area (Å²) < 4.78 is 19.9. The van der Waals surface area contributed by atoms with Crippen molar-refractivity contribution in [2.45, 2.75) is 57.1 Å². The van der Waals surface area contributed by atoms with Crippen molar-refractivity contribution in [3.05, 3.63) is 131 Å². The van der Waals surface area contributed by atoms with Crippen LogP contribution in [0.25, 0.3) is 21.5 Å². The van der Waals surface area contributed by atoms with Crippen LogP contribution in [0.4, 0.5) is 0 Å². The molecule has 0 unspecified atom stereocenters. The van der Waals surface area contributed by atoms with E-state index in [9.17, 15) is 0 Å². The Bertz CT molecular complexity index is 1860. The molecule has 5 heteroatoms. The van der Waals surface area contributed by atoms with Crippen LogP contribution in [0.15, 0.2) is 113 Å². The van der Waals surface area contributed by atoms with Crippen molar-refractivity contribution in [3.8, 4) is 0 Å². The molecule has 2 aliphatic heterocycles. The van der Waals surface area contributed by atoms with E-state index in [1.165, 1.54) is 49.4 Å². The number of benzene rings is 5. The lowest BCUT2D eigenvalue weighted by Gasteiger charge is -2.29. The van der Waals surface area contributed by atoms with Crippen molar-refractivity contribution >= 4 is 33.3 Å². The number of ether oxygens (including phenoxy) is 3. The molecule has 0 bridgehead atoms. The van der Waals surface area contributed by atoms with Crippen LogP contribution in [-0.2, 0) is 33.7 Å². The number of aliphatic imine (C=N–C) groups is 2. The Morgan fingerprint density at radius 2 is 1.18 bits per heavy atom. The maximum atomic E-state index is 6.70. The number of hydrogen-bond donors (Lipinski definition) is 0. The molecule has 218 valence electrons. The first-order chi connectivity index (χ1) is 21.7. The molecule has 4 aliphatic rings. The Labute approximate surface area is 257 Å². The van der Waals surface area contributed by atoms with Gasteiger partial charge in [0, 0.05) is 19.4 Å². The molecule has 9 rings (SSSR count). The summed E-state index contributed by atoms with van der Waals surface area (Å²) >= 11 is 0. The van der Waals surface area contributed by atoms with E-state index in [4.69, 9.17) is 24.2 Å². The minimum absolute atomic E-state index is 0.0192. The van der Waals surface area contributed by atoms with E-state index >= 15 is 0 Å². The predicted octanol–water partition coefficient (Wildman–Crippen LogP) is 8.10. The van der Waals surface area contributed by atoms with E-state index in [0.717, 1.165) is 24.6 Å². The third-order valence-electron chi connectivity index (χ3n) is 10.2. The summed E-state index contributed by atoms with van der Waals surface area (Å²) in [5.74, 6) is 1.46. The first kappa shape index (κ1) is 26.0. The Kier molecular flexibility index (Phi) is 5.92. The van der Waals surface area contributed by atoms with Crippen molar-refractivity contribution in [3.63, 3.8) is 0 Å². The molecular formula is C39H34N2O3. The first-order valence-corrected chi connectivity index (χ1v) is 15.8. The van der Waals surface area contributed by atoms with Crippen LogP contribution in [0.1, 0.15) is 53.2 Å². The second-order valence-electron chi connectivity index (χ2n) is 12.8. The summed E-state index contributed by atoms with van der Waals surface area (Å²) in [6.45, 7) is 3.23. The van der Waals surface area contributed by atoms with Crippen LogP contribution in [0.3, 0.4) is 0 Å². The summed E-state index contributed by atoms with van der Waals surface area (Å²) in [5.41, 5.74) is 5.81. The molecule has 5 nitrogen and oxygen atoms in total. The lowest BCUT2D eigenvalue weighted by molar-refractivity contribution is 0.0981. The molecule has 0 N–H and O–H groups in total. The van der Waals surface area contributed by atoms with Crippen molar-refractivity contribution in [2.24, 2.45) is 15.4 Å². The molecule has 44 heavy (non-hydrogen) atoms. The second kappa shape index (κ2) is 10.0. The number of fused-ring (bicyclic) bond motifs is 8. The van der Waals surface area contributed by atoms with Crippen molar-refractivity contribution in [2.75, 3.05) is 6.61 Å². The van der Waals surface area contributed by atoms with Gasteiger partial charge >= 0.3 is 0 Å². The highest BCUT2D eigenvalue weighted by Crippen LogP contribution is 2.48. The van der Waals surface area contributed by atoms with Gasteiger partial charge in [0.25, 0.3) is 0 Å². The van der Waals surface area contributed by atoms with Crippen LogP contribution in [-0.4, -0.2) is 30.6 Å². The van der Waals surface area contributed by atoms with E-state index in [0.29, 0.717) is 19.6 Å². The summed E-state index contributed by atoms with van der Waals surface area (Å²) in [7, 11) is 0. The molecule has 4 atom stereocenters. The third kappa shape index (κ3) is 4.02. The normalized spacial score (nSPS) is 23.0. The van der Waals surface area contributed by atoms with E-state index in [-0.39, 0.29) is 24.3 Å². The molecule has 0 spiro atoms. The SMILES string of the molecule is CC(CCOCc1c2ccccc2cc2ccccc12)(C1=N[C@@H]2c3ccccc3C[C@@H]2O1)C1=N[C@@H]2c3ccccc3C[C@@H]2O1. The van der Waals surface area contributed by atoms with Crippen LogP contribution in [0.5, 0.6) is 0 Å². The predicted molar refractivity (Wildman–Crippen MR) is 174 cm³/mol. The molecule has 0 amide bonds. The lowest BCUT2D eigenvalue weighted by atomic mass is 9.86. The van der Waals surface area contributed by atoms with Gasteiger partial charge in [-0.2, -0.15) is 0 Å². The van der Waals surface area contributed by atoms with Gasteiger partial charge in [-0.05, 0) is 68.8 Å². The highest BCUT2D eigenvalue weighted by atomic mass is 16.5. The Balaban J connectivity index is 1.03. The molecule has 5 aromatic carbocycles. The van der Waals surface area contributed by atoms with Crippen LogP contribution in [0.2, 0.25) is 0 Å². The van der Waals surface area contributed by atoms with Crippen LogP contribution in [0, 0.1) is 5.41 Å². The fourth-order valence-electron chi connectivity index (χ4n) is 7.76.